The summed E-state index contributed by atoms with van der Waals surface area (Å²) in [6.45, 7) is 8.60. The summed E-state index contributed by atoms with van der Waals surface area (Å²) in [6.07, 6.45) is 0.911. The van der Waals surface area contributed by atoms with Crippen LogP contribution in [0.1, 0.15) is 13.3 Å². The molecule has 1 unspecified atom stereocenters. The Bertz CT molecular complexity index is 205. The zero-order valence-corrected chi connectivity index (χ0v) is 9.87. The molecule has 0 aromatic heterocycles. The fourth-order valence-electron chi connectivity index (χ4n) is 1.89. The second-order valence-corrected chi connectivity index (χ2v) is 4.13. The Kier molecular flexibility index (Phi) is 5.62. The van der Waals surface area contributed by atoms with Gasteiger partial charge in [-0.15, -0.1) is 0 Å². The smallest absolute Gasteiger partial charge is 0.0973 e. The minimum absolute atomic E-state index is 0.0768. The van der Waals surface area contributed by atoms with Crippen LogP contribution in [0.5, 0.6) is 0 Å². The standard InChI is InChI=1S/C11H22N4/c1-3-11(10-12)14(2)8-9-15-6-4-13-5-7-15/h11,13H,3-9H2,1-2H3. The Morgan fingerprint density at radius 2 is 2.13 bits per heavy atom. The van der Waals surface area contributed by atoms with E-state index in [1.54, 1.807) is 0 Å². The monoisotopic (exact) mass is 210 g/mol. The van der Waals surface area contributed by atoms with Crippen molar-refractivity contribution in [1.29, 1.82) is 5.26 Å². The van der Waals surface area contributed by atoms with E-state index in [0.29, 0.717) is 0 Å². The lowest BCUT2D eigenvalue weighted by Gasteiger charge is -2.30. The van der Waals surface area contributed by atoms with Gasteiger partial charge in [0.25, 0.3) is 0 Å². The van der Waals surface area contributed by atoms with Crippen LogP contribution in [0, 0.1) is 11.3 Å². The number of hydrogen-bond acceptors (Lipinski definition) is 4. The number of hydrogen-bond donors (Lipinski definition) is 1. The molecule has 0 radical (unpaired) electrons. The lowest BCUT2D eigenvalue weighted by atomic mass is 10.2. The number of nitriles is 1. The highest BCUT2D eigenvalue weighted by molar-refractivity contribution is 4.89. The topological polar surface area (TPSA) is 42.3 Å². The first kappa shape index (κ1) is 12.4. The molecule has 0 saturated carbocycles. The molecule has 1 aliphatic heterocycles. The molecule has 1 saturated heterocycles. The van der Waals surface area contributed by atoms with Gasteiger partial charge in [0.1, 0.15) is 0 Å². The van der Waals surface area contributed by atoms with Gasteiger partial charge in [-0.2, -0.15) is 5.26 Å². The van der Waals surface area contributed by atoms with E-state index in [4.69, 9.17) is 5.26 Å². The Balaban J connectivity index is 2.20. The van der Waals surface area contributed by atoms with Gasteiger partial charge in [0.2, 0.25) is 0 Å². The maximum atomic E-state index is 8.92. The highest BCUT2D eigenvalue weighted by Crippen LogP contribution is 2.00. The van der Waals surface area contributed by atoms with Crippen LogP contribution in [0.2, 0.25) is 0 Å². The summed E-state index contributed by atoms with van der Waals surface area (Å²) in [6, 6.07) is 2.41. The zero-order valence-electron chi connectivity index (χ0n) is 9.87. The third-order valence-electron chi connectivity index (χ3n) is 3.05. The molecule has 1 atom stereocenters. The third-order valence-corrected chi connectivity index (χ3v) is 3.05. The summed E-state index contributed by atoms with van der Waals surface area (Å²) >= 11 is 0. The quantitative estimate of drug-likeness (QED) is 0.700. The largest absolute Gasteiger partial charge is 0.314 e. The Morgan fingerprint density at radius 1 is 1.47 bits per heavy atom. The zero-order chi connectivity index (χ0) is 11.1. The molecule has 0 spiro atoms. The van der Waals surface area contributed by atoms with Crippen molar-refractivity contribution in [2.75, 3.05) is 46.3 Å². The molecule has 15 heavy (non-hydrogen) atoms. The number of piperazine rings is 1. The molecular weight excluding hydrogens is 188 g/mol. The van der Waals surface area contributed by atoms with Crippen molar-refractivity contribution in [1.82, 2.24) is 15.1 Å². The van der Waals surface area contributed by atoms with E-state index >= 15 is 0 Å². The highest BCUT2D eigenvalue weighted by Gasteiger charge is 2.14. The third kappa shape index (κ3) is 4.17. The van der Waals surface area contributed by atoms with E-state index in [0.717, 1.165) is 45.7 Å². The maximum Gasteiger partial charge on any atom is 0.0973 e. The van der Waals surface area contributed by atoms with Gasteiger partial charge in [-0.3, -0.25) is 9.80 Å². The Labute approximate surface area is 92.8 Å². The molecule has 1 N–H and O–H groups in total. The van der Waals surface area contributed by atoms with Gasteiger partial charge in [0.15, 0.2) is 0 Å². The molecule has 4 heteroatoms. The molecule has 4 nitrogen and oxygen atoms in total. The molecule has 1 rings (SSSR count). The molecule has 0 amide bonds. The van der Waals surface area contributed by atoms with Gasteiger partial charge in [-0.05, 0) is 13.5 Å². The molecule has 1 fully saturated rings. The fourth-order valence-corrected chi connectivity index (χ4v) is 1.89. The molecule has 0 aliphatic carbocycles. The summed E-state index contributed by atoms with van der Waals surface area (Å²) in [7, 11) is 2.04. The van der Waals surface area contributed by atoms with Crippen molar-refractivity contribution in [3.8, 4) is 6.07 Å². The van der Waals surface area contributed by atoms with E-state index in [1.807, 2.05) is 7.05 Å². The van der Waals surface area contributed by atoms with Crippen LogP contribution in [0.4, 0.5) is 0 Å². The maximum absolute atomic E-state index is 8.92. The Hall–Kier alpha value is -0.630. The van der Waals surface area contributed by atoms with E-state index in [9.17, 15) is 0 Å². The summed E-state index contributed by atoms with van der Waals surface area (Å²) in [5.74, 6) is 0. The predicted molar refractivity (Wildman–Crippen MR) is 61.6 cm³/mol. The minimum Gasteiger partial charge on any atom is -0.314 e. The molecular formula is C11H22N4. The van der Waals surface area contributed by atoms with Crippen molar-refractivity contribution in [3.05, 3.63) is 0 Å². The summed E-state index contributed by atoms with van der Waals surface area (Å²) in [5.41, 5.74) is 0. The molecule has 1 aliphatic rings. The fraction of sp³-hybridized carbons (Fsp3) is 0.909. The lowest BCUT2D eigenvalue weighted by Crippen LogP contribution is -2.46. The number of nitrogens with one attached hydrogen (secondary N) is 1. The van der Waals surface area contributed by atoms with Crippen LogP contribution in [0.25, 0.3) is 0 Å². The van der Waals surface area contributed by atoms with Gasteiger partial charge < -0.3 is 5.32 Å². The molecule has 86 valence electrons. The summed E-state index contributed by atoms with van der Waals surface area (Å²) in [4.78, 5) is 4.61. The second-order valence-electron chi connectivity index (χ2n) is 4.13. The van der Waals surface area contributed by atoms with Gasteiger partial charge in [0, 0.05) is 39.3 Å². The first-order valence-corrected chi connectivity index (χ1v) is 5.81. The average molecular weight is 210 g/mol. The van der Waals surface area contributed by atoms with Crippen molar-refractivity contribution >= 4 is 0 Å². The van der Waals surface area contributed by atoms with Crippen molar-refractivity contribution in [2.45, 2.75) is 19.4 Å². The normalized spacial score (nSPS) is 20.1. The average Bonchev–Trinajstić information content (AvgIpc) is 2.29. The van der Waals surface area contributed by atoms with Gasteiger partial charge in [0.05, 0.1) is 12.1 Å². The van der Waals surface area contributed by atoms with E-state index in [-0.39, 0.29) is 6.04 Å². The van der Waals surface area contributed by atoms with E-state index in [2.05, 4.69) is 28.1 Å². The first-order valence-electron chi connectivity index (χ1n) is 5.81. The molecule has 0 aromatic rings. The number of likely N-dealkylation sites (N-methyl/N-ethyl adjacent to an activating group) is 1. The number of nitrogens with zero attached hydrogens (tertiary/aromatic N) is 3. The SMILES string of the molecule is CCC(C#N)N(C)CCN1CCNCC1. The van der Waals surface area contributed by atoms with E-state index in [1.165, 1.54) is 0 Å². The van der Waals surface area contributed by atoms with Crippen molar-refractivity contribution in [3.63, 3.8) is 0 Å². The molecule has 0 bridgehead atoms. The molecule has 1 heterocycles. The number of rotatable bonds is 5. The first-order chi connectivity index (χ1) is 7.27. The molecule has 0 aromatic carbocycles. The van der Waals surface area contributed by atoms with Crippen LogP contribution in [-0.4, -0.2) is 62.2 Å². The summed E-state index contributed by atoms with van der Waals surface area (Å²) in [5, 5.41) is 12.3. The van der Waals surface area contributed by atoms with Crippen molar-refractivity contribution in [2.24, 2.45) is 0 Å². The summed E-state index contributed by atoms with van der Waals surface area (Å²) < 4.78 is 0. The van der Waals surface area contributed by atoms with Gasteiger partial charge in [-0.25, -0.2) is 0 Å². The van der Waals surface area contributed by atoms with Crippen LogP contribution < -0.4 is 5.32 Å². The Morgan fingerprint density at radius 3 is 2.67 bits per heavy atom. The highest BCUT2D eigenvalue weighted by atomic mass is 15.2. The lowest BCUT2D eigenvalue weighted by molar-refractivity contribution is 0.191. The second kappa shape index (κ2) is 6.78. The van der Waals surface area contributed by atoms with E-state index < -0.39 is 0 Å². The van der Waals surface area contributed by atoms with Crippen LogP contribution in [0.15, 0.2) is 0 Å². The predicted octanol–water partition coefficient (Wildman–Crippen LogP) is 0.126. The van der Waals surface area contributed by atoms with Crippen LogP contribution in [0.3, 0.4) is 0 Å². The van der Waals surface area contributed by atoms with Crippen LogP contribution in [-0.2, 0) is 0 Å². The minimum atomic E-state index is 0.0768. The van der Waals surface area contributed by atoms with Crippen molar-refractivity contribution < 1.29 is 0 Å². The van der Waals surface area contributed by atoms with Crippen LogP contribution >= 0.6 is 0 Å². The van der Waals surface area contributed by atoms with Gasteiger partial charge in [-0.1, -0.05) is 6.92 Å². The van der Waals surface area contributed by atoms with Gasteiger partial charge >= 0.3 is 0 Å².